The van der Waals surface area contributed by atoms with Crippen LogP contribution in [-0.4, -0.2) is 12.5 Å². The summed E-state index contributed by atoms with van der Waals surface area (Å²) in [6.45, 7) is 4.31. The van der Waals surface area contributed by atoms with E-state index in [1.165, 1.54) is 0 Å². The number of nitrogens with one attached hydrogen (secondary N) is 1. The highest BCUT2D eigenvalue weighted by atomic mass is 35.5. The summed E-state index contributed by atoms with van der Waals surface area (Å²) in [5, 5.41) is 6.25. The van der Waals surface area contributed by atoms with Gasteiger partial charge in [-0.05, 0) is 49.7 Å². The Balaban J connectivity index is 1.90. The number of quaternary nitrogens is 1. The summed E-state index contributed by atoms with van der Waals surface area (Å²) in [5.74, 6) is -0.0423. The van der Waals surface area contributed by atoms with E-state index in [0.717, 1.165) is 16.8 Å². The fourth-order valence-electron chi connectivity index (χ4n) is 2.18. The number of hydrogen-bond donors (Lipinski definition) is 2. The molecule has 0 fully saturated rings. The first-order valence-electron chi connectivity index (χ1n) is 7.10. The Hall–Kier alpha value is -1.55. The molecule has 0 aliphatic rings. The monoisotopic (exact) mass is 337 g/mol. The Kier molecular flexibility index (Phi) is 5.83. The van der Waals surface area contributed by atoms with Crippen molar-refractivity contribution in [1.82, 2.24) is 0 Å². The lowest BCUT2D eigenvalue weighted by molar-refractivity contribution is -0.682. The van der Waals surface area contributed by atoms with Gasteiger partial charge in [0.2, 0.25) is 0 Å². The number of carbonyl (C=O) groups excluding carboxylic acids is 1. The molecule has 22 heavy (non-hydrogen) atoms. The number of anilines is 1. The number of halogens is 2. The van der Waals surface area contributed by atoms with E-state index in [-0.39, 0.29) is 11.9 Å². The van der Waals surface area contributed by atoms with Gasteiger partial charge in [0.05, 0.1) is 0 Å². The molecule has 116 valence electrons. The van der Waals surface area contributed by atoms with E-state index in [9.17, 15) is 4.79 Å². The molecule has 3 N–H and O–H groups in total. The largest absolute Gasteiger partial charge is 0.333 e. The summed E-state index contributed by atoms with van der Waals surface area (Å²) in [6, 6.07) is 13.3. The van der Waals surface area contributed by atoms with Crippen molar-refractivity contribution in [3.8, 4) is 0 Å². The molecule has 0 heterocycles. The lowest BCUT2D eigenvalue weighted by Crippen LogP contribution is -2.86. The first kappa shape index (κ1) is 16.8. The summed E-state index contributed by atoms with van der Waals surface area (Å²) in [4.78, 5) is 12.1. The molecule has 0 spiro atoms. The van der Waals surface area contributed by atoms with Crippen LogP contribution in [0.3, 0.4) is 0 Å². The van der Waals surface area contributed by atoms with E-state index in [2.05, 4.69) is 5.32 Å². The van der Waals surface area contributed by atoms with Gasteiger partial charge in [0, 0.05) is 21.3 Å². The Morgan fingerprint density at radius 1 is 1.18 bits per heavy atom. The predicted molar refractivity (Wildman–Crippen MR) is 91.5 cm³/mol. The molecule has 2 aromatic carbocycles. The minimum atomic E-state index is -0.0423. The maximum Gasteiger partial charge on any atom is 0.279 e. The second kappa shape index (κ2) is 7.63. The fraction of sp³-hybridized carbons (Fsp3) is 0.235. The average molecular weight is 338 g/mol. The standard InChI is InChI=1S/C17H18Cl2N2O/c1-11-8-15(19)6-7-16(11)21-17(22)10-20-12(2)13-4-3-5-14(18)9-13/h3-9,12,20H,10H2,1-2H3,(H,21,22)/p+1/t12-/m0/s1. The van der Waals surface area contributed by atoms with Crippen molar-refractivity contribution >= 4 is 34.8 Å². The highest BCUT2D eigenvalue weighted by molar-refractivity contribution is 6.31. The van der Waals surface area contributed by atoms with Gasteiger partial charge in [0.1, 0.15) is 6.04 Å². The molecule has 0 radical (unpaired) electrons. The quantitative estimate of drug-likeness (QED) is 0.860. The number of rotatable bonds is 5. The third-order valence-electron chi connectivity index (χ3n) is 3.49. The molecule has 3 nitrogen and oxygen atoms in total. The Morgan fingerprint density at radius 3 is 2.59 bits per heavy atom. The minimum absolute atomic E-state index is 0.0423. The van der Waals surface area contributed by atoms with Crippen molar-refractivity contribution in [2.75, 3.05) is 11.9 Å². The number of hydrogen-bond acceptors (Lipinski definition) is 1. The second-order valence-electron chi connectivity index (χ2n) is 5.29. The average Bonchev–Trinajstić information content (AvgIpc) is 2.47. The number of amides is 1. The van der Waals surface area contributed by atoms with Gasteiger partial charge in [-0.1, -0.05) is 35.3 Å². The number of carbonyl (C=O) groups is 1. The molecule has 0 bridgehead atoms. The fourth-order valence-corrected chi connectivity index (χ4v) is 2.60. The Labute approximate surface area is 140 Å². The van der Waals surface area contributed by atoms with E-state index < -0.39 is 0 Å². The van der Waals surface area contributed by atoms with Crippen LogP contribution < -0.4 is 10.6 Å². The molecule has 5 heteroatoms. The lowest BCUT2D eigenvalue weighted by Gasteiger charge is -2.12. The van der Waals surface area contributed by atoms with Crippen LogP contribution in [0, 0.1) is 6.92 Å². The van der Waals surface area contributed by atoms with Gasteiger partial charge in [-0.25, -0.2) is 0 Å². The molecule has 0 aromatic heterocycles. The highest BCUT2D eigenvalue weighted by Crippen LogP contribution is 2.19. The molecule has 0 saturated heterocycles. The van der Waals surface area contributed by atoms with Crippen LogP contribution in [-0.2, 0) is 4.79 Å². The zero-order valence-electron chi connectivity index (χ0n) is 12.6. The molecule has 0 aliphatic carbocycles. The van der Waals surface area contributed by atoms with Gasteiger partial charge in [0.25, 0.3) is 5.91 Å². The van der Waals surface area contributed by atoms with Gasteiger partial charge in [-0.15, -0.1) is 0 Å². The van der Waals surface area contributed by atoms with E-state index in [1.54, 1.807) is 6.07 Å². The summed E-state index contributed by atoms with van der Waals surface area (Å²) in [6.07, 6.45) is 0. The van der Waals surface area contributed by atoms with E-state index in [4.69, 9.17) is 23.2 Å². The summed E-state index contributed by atoms with van der Waals surface area (Å²) in [7, 11) is 0. The van der Waals surface area contributed by atoms with Crippen molar-refractivity contribution in [1.29, 1.82) is 0 Å². The van der Waals surface area contributed by atoms with Crippen LogP contribution in [0.15, 0.2) is 42.5 Å². The number of aryl methyl sites for hydroxylation is 1. The molecule has 0 saturated carbocycles. The molecular formula is C17H19Cl2N2O+. The summed E-state index contributed by atoms with van der Waals surface area (Å²) < 4.78 is 0. The van der Waals surface area contributed by atoms with Crippen LogP contribution in [0.5, 0.6) is 0 Å². The van der Waals surface area contributed by atoms with Crippen LogP contribution in [0.2, 0.25) is 10.0 Å². The maximum atomic E-state index is 12.1. The molecule has 1 amide bonds. The van der Waals surface area contributed by atoms with Gasteiger partial charge in [-0.2, -0.15) is 0 Å². The SMILES string of the molecule is Cc1cc(Cl)ccc1NC(=O)C[NH2+][C@@H](C)c1cccc(Cl)c1. The molecule has 0 aliphatic heterocycles. The summed E-state index contributed by atoms with van der Waals surface area (Å²) in [5.41, 5.74) is 2.84. The summed E-state index contributed by atoms with van der Waals surface area (Å²) >= 11 is 11.9. The van der Waals surface area contributed by atoms with Gasteiger partial charge in [0.15, 0.2) is 6.54 Å². The molecule has 1 atom stereocenters. The van der Waals surface area contributed by atoms with Crippen LogP contribution in [0.4, 0.5) is 5.69 Å². The zero-order valence-corrected chi connectivity index (χ0v) is 14.1. The maximum absolute atomic E-state index is 12.1. The Morgan fingerprint density at radius 2 is 1.91 bits per heavy atom. The van der Waals surface area contributed by atoms with Gasteiger partial charge in [-0.3, -0.25) is 4.79 Å². The van der Waals surface area contributed by atoms with Crippen molar-refractivity contribution in [2.45, 2.75) is 19.9 Å². The third-order valence-corrected chi connectivity index (χ3v) is 3.96. The number of nitrogens with two attached hydrogens (primary N) is 1. The van der Waals surface area contributed by atoms with E-state index in [0.29, 0.717) is 16.6 Å². The van der Waals surface area contributed by atoms with Crippen molar-refractivity contribution in [3.05, 3.63) is 63.6 Å². The predicted octanol–water partition coefficient (Wildman–Crippen LogP) is 3.56. The second-order valence-corrected chi connectivity index (χ2v) is 6.16. The van der Waals surface area contributed by atoms with Gasteiger partial charge < -0.3 is 10.6 Å². The van der Waals surface area contributed by atoms with Crippen LogP contribution >= 0.6 is 23.2 Å². The smallest absolute Gasteiger partial charge is 0.279 e. The first-order valence-corrected chi connectivity index (χ1v) is 7.86. The van der Waals surface area contributed by atoms with Crippen LogP contribution in [0.25, 0.3) is 0 Å². The first-order chi connectivity index (χ1) is 10.5. The molecular weight excluding hydrogens is 319 g/mol. The van der Waals surface area contributed by atoms with Crippen molar-refractivity contribution in [3.63, 3.8) is 0 Å². The van der Waals surface area contributed by atoms with Crippen molar-refractivity contribution < 1.29 is 10.1 Å². The molecule has 0 unspecified atom stereocenters. The van der Waals surface area contributed by atoms with E-state index >= 15 is 0 Å². The normalized spacial score (nSPS) is 12.0. The number of benzene rings is 2. The minimum Gasteiger partial charge on any atom is -0.333 e. The van der Waals surface area contributed by atoms with Crippen molar-refractivity contribution in [2.24, 2.45) is 0 Å². The van der Waals surface area contributed by atoms with Crippen LogP contribution in [0.1, 0.15) is 24.1 Å². The Bertz CT molecular complexity index is 673. The third kappa shape index (κ3) is 4.73. The van der Waals surface area contributed by atoms with Gasteiger partial charge >= 0.3 is 0 Å². The zero-order chi connectivity index (χ0) is 16.1. The highest BCUT2D eigenvalue weighted by Gasteiger charge is 2.12. The molecule has 2 rings (SSSR count). The van der Waals surface area contributed by atoms with E-state index in [1.807, 2.05) is 55.6 Å². The topological polar surface area (TPSA) is 45.7 Å². The molecule has 2 aromatic rings. The lowest BCUT2D eigenvalue weighted by atomic mass is 10.1.